The van der Waals surface area contributed by atoms with Gasteiger partial charge in [0.2, 0.25) is 0 Å². The molecule has 1 aliphatic rings. The number of rotatable bonds is 3. The molecule has 1 fully saturated rings. The van der Waals surface area contributed by atoms with Gasteiger partial charge in [-0.2, -0.15) is 0 Å². The lowest BCUT2D eigenvalue weighted by Crippen LogP contribution is -2.13. The van der Waals surface area contributed by atoms with Crippen molar-refractivity contribution >= 4 is 0 Å². The zero-order valence-electron chi connectivity index (χ0n) is 6.50. The van der Waals surface area contributed by atoms with Gasteiger partial charge < -0.3 is 14.2 Å². The molecule has 60 valence electrons. The van der Waals surface area contributed by atoms with Crippen molar-refractivity contribution in [2.45, 2.75) is 18.6 Å². The summed E-state index contributed by atoms with van der Waals surface area (Å²) >= 11 is 0. The van der Waals surface area contributed by atoms with Crippen LogP contribution in [-0.4, -0.2) is 39.6 Å². The maximum atomic E-state index is 5.35. The highest BCUT2D eigenvalue weighted by molar-refractivity contribution is 4.72. The number of hydrogen-bond acceptors (Lipinski definition) is 3. The predicted octanol–water partition coefficient (Wildman–Crippen LogP) is 0.437. The van der Waals surface area contributed by atoms with Crippen LogP contribution in [0.25, 0.3) is 0 Å². The van der Waals surface area contributed by atoms with Gasteiger partial charge in [0, 0.05) is 20.6 Å². The standard InChI is InChI=1S/C7H14O3/c1-8-4-7-3-6(9-2)5-10-7/h6-7H,3-5H2,1-2H3. The van der Waals surface area contributed by atoms with Crippen LogP contribution in [0.4, 0.5) is 0 Å². The molecular formula is C7H14O3. The molecule has 3 nitrogen and oxygen atoms in total. The fourth-order valence-electron chi connectivity index (χ4n) is 1.14. The van der Waals surface area contributed by atoms with Crippen LogP contribution >= 0.6 is 0 Å². The second kappa shape index (κ2) is 3.91. The number of hydrogen-bond donors (Lipinski definition) is 0. The van der Waals surface area contributed by atoms with E-state index >= 15 is 0 Å². The summed E-state index contributed by atoms with van der Waals surface area (Å²) in [5.41, 5.74) is 0. The van der Waals surface area contributed by atoms with E-state index in [0.29, 0.717) is 13.2 Å². The molecule has 3 heteroatoms. The smallest absolute Gasteiger partial charge is 0.0835 e. The Hall–Kier alpha value is -0.120. The summed E-state index contributed by atoms with van der Waals surface area (Å²) in [5.74, 6) is 0. The van der Waals surface area contributed by atoms with E-state index in [0.717, 1.165) is 6.42 Å². The normalized spacial score (nSPS) is 33.0. The molecule has 0 amide bonds. The van der Waals surface area contributed by atoms with Gasteiger partial charge >= 0.3 is 0 Å². The van der Waals surface area contributed by atoms with Crippen molar-refractivity contribution in [1.82, 2.24) is 0 Å². The van der Waals surface area contributed by atoms with Gasteiger partial charge in [0.05, 0.1) is 25.4 Å². The third-order valence-electron chi connectivity index (χ3n) is 1.73. The van der Waals surface area contributed by atoms with Crippen molar-refractivity contribution in [2.75, 3.05) is 27.4 Å². The second-order valence-electron chi connectivity index (χ2n) is 2.50. The average Bonchev–Trinajstić information content (AvgIpc) is 2.37. The zero-order chi connectivity index (χ0) is 7.40. The Morgan fingerprint density at radius 3 is 2.80 bits per heavy atom. The van der Waals surface area contributed by atoms with E-state index in [1.54, 1.807) is 14.2 Å². The Balaban J connectivity index is 2.15. The first-order valence-electron chi connectivity index (χ1n) is 3.50. The predicted molar refractivity (Wildman–Crippen MR) is 37.0 cm³/mol. The van der Waals surface area contributed by atoms with Gasteiger partial charge in [0.1, 0.15) is 0 Å². The van der Waals surface area contributed by atoms with Crippen LogP contribution in [0.15, 0.2) is 0 Å². The fraction of sp³-hybridized carbons (Fsp3) is 1.00. The minimum atomic E-state index is 0.245. The Morgan fingerprint density at radius 2 is 2.30 bits per heavy atom. The third-order valence-corrected chi connectivity index (χ3v) is 1.73. The molecule has 0 aliphatic carbocycles. The molecule has 10 heavy (non-hydrogen) atoms. The van der Waals surface area contributed by atoms with Gasteiger partial charge in [0.15, 0.2) is 0 Å². The SMILES string of the molecule is COCC1CC(OC)CO1. The van der Waals surface area contributed by atoms with Crippen LogP contribution in [0.5, 0.6) is 0 Å². The molecule has 0 saturated carbocycles. The van der Waals surface area contributed by atoms with Crippen molar-refractivity contribution in [1.29, 1.82) is 0 Å². The van der Waals surface area contributed by atoms with E-state index in [1.807, 2.05) is 0 Å². The largest absolute Gasteiger partial charge is 0.382 e. The first kappa shape index (κ1) is 7.98. The Labute approximate surface area is 61.3 Å². The maximum absolute atomic E-state index is 5.35. The minimum Gasteiger partial charge on any atom is -0.382 e. The summed E-state index contributed by atoms with van der Waals surface area (Å²) in [6.45, 7) is 1.39. The molecule has 2 unspecified atom stereocenters. The van der Waals surface area contributed by atoms with Crippen LogP contribution in [0.1, 0.15) is 6.42 Å². The highest BCUT2D eigenvalue weighted by Gasteiger charge is 2.24. The van der Waals surface area contributed by atoms with Crippen molar-refractivity contribution in [2.24, 2.45) is 0 Å². The van der Waals surface area contributed by atoms with Crippen LogP contribution in [0.3, 0.4) is 0 Å². The van der Waals surface area contributed by atoms with Gasteiger partial charge in [-0.05, 0) is 0 Å². The quantitative estimate of drug-likeness (QED) is 0.578. The van der Waals surface area contributed by atoms with E-state index in [-0.39, 0.29) is 12.2 Å². The second-order valence-corrected chi connectivity index (χ2v) is 2.50. The summed E-state index contributed by atoms with van der Waals surface area (Å²) in [7, 11) is 3.40. The van der Waals surface area contributed by atoms with Crippen molar-refractivity contribution < 1.29 is 14.2 Å². The first-order chi connectivity index (χ1) is 4.86. The molecule has 0 bridgehead atoms. The molecule has 1 rings (SSSR count). The molecule has 2 atom stereocenters. The third kappa shape index (κ3) is 1.94. The lowest BCUT2D eigenvalue weighted by atomic mass is 10.2. The molecule has 0 aromatic carbocycles. The van der Waals surface area contributed by atoms with Gasteiger partial charge in [-0.3, -0.25) is 0 Å². The summed E-state index contributed by atoms with van der Waals surface area (Å²) < 4.78 is 15.4. The van der Waals surface area contributed by atoms with Crippen LogP contribution < -0.4 is 0 Å². The Bertz CT molecular complexity index is 94.9. The summed E-state index contributed by atoms with van der Waals surface area (Å²) in [5, 5.41) is 0. The molecule has 0 aromatic heterocycles. The minimum absolute atomic E-state index is 0.245. The van der Waals surface area contributed by atoms with E-state index in [9.17, 15) is 0 Å². The van der Waals surface area contributed by atoms with E-state index < -0.39 is 0 Å². The molecule has 1 aliphatic heterocycles. The van der Waals surface area contributed by atoms with Gasteiger partial charge in [-0.15, -0.1) is 0 Å². The molecule has 0 N–H and O–H groups in total. The molecule has 0 spiro atoms. The van der Waals surface area contributed by atoms with Crippen LogP contribution in [-0.2, 0) is 14.2 Å². The Morgan fingerprint density at radius 1 is 1.50 bits per heavy atom. The van der Waals surface area contributed by atoms with Gasteiger partial charge in [0.25, 0.3) is 0 Å². The fourth-order valence-corrected chi connectivity index (χ4v) is 1.14. The van der Waals surface area contributed by atoms with Crippen molar-refractivity contribution in [3.8, 4) is 0 Å². The lowest BCUT2D eigenvalue weighted by molar-refractivity contribution is 0.0299. The highest BCUT2D eigenvalue weighted by atomic mass is 16.6. The van der Waals surface area contributed by atoms with Gasteiger partial charge in [-0.1, -0.05) is 0 Å². The zero-order valence-corrected chi connectivity index (χ0v) is 6.50. The van der Waals surface area contributed by atoms with Gasteiger partial charge in [-0.25, -0.2) is 0 Å². The molecular weight excluding hydrogens is 132 g/mol. The summed E-state index contributed by atoms with van der Waals surface area (Å²) in [6, 6.07) is 0. The number of methoxy groups -OCH3 is 2. The monoisotopic (exact) mass is 146 g/mol. The molecule has 1 saturated heterocycles. The number of ether oxygens (including phenoxy) is 3. The van der Waals surface area contributed by atoms with E-state index in [4.69, 9.17) is 14.2 Å². The van der Waals surface area contributed by atoms with E-state index in [1.165, 1.54) is 0 Å². The topological polar surface area (TPSA) is 27.7 Å². The summed E-state index contributed by atoms with van der Waals surface area (Å²) in [6.07, 6.45) is 1.49. The first-order valence-corrected chi connectivity index (χ1v) is 3.50. The summed E-state index contributed by atoms with van der Waals surface area (Å²) in [4.78, 5) is 0. The average molecular weight is 146 g/mol. The van der Waals surface area contributed by atoms with Crippen molar-refractivity contribution in [3.63, 3.8) is 0 Å². The van der Waals surface area contributed by atoms with Crippen LogP contribution in [0, 0.1) is 0 Å². The lowest BCUT2D eigenvalue weighted by Gasteiger charge is -2.06. The van der Waals surface area contributed by atoms with Crippen molar-refractivity contribution in [3.05, 3.63) is 0 Å². The molecule has 0 aromatic rings. The Kier molecular flexibility index (Phi) is 3.12. The highest BCUT2D eigenvalue weighted by Crippen LogP contribution is 2.15. The molecule has 0 radical (unpaired) electrons. The van der Waals surface area contributed by atoms with E-state index in [2.05, 4.69) is 0 Å². The van der Waals surface area contributed by atoms with Crippen LogP contribution in [0.2, 0.25) is 0 Å². The molecule has 1 heterocycles. The maximum Gasteiger partial charge on any atom is 0.0835 e.